The Kier molecular flexibility index (Phi) is 4.28. The lowest BCUT2D eigenvalue weighted by Crippen LogP contribution is -2.07. The van der Waals surface area contributed by atoms with Gasteiger partial charge in [0.1, 0.15) is 5.82 Å². The van der Waals surface area contributed by atoms with E-state index in [1.54, 1.807) is 13.8 Å². The molecule has 2 rings (SSSR count). The lowest BCUT2D eigenvalue weighted by Gasteiger charge is -2.17. The first-order valence-electron chi connectivity index (χ1n) is 6.28. The molecule has 0 saturated carbocycles. The average molecular weight is 317 g/mol. The zero-order valence-corrected chi connectivity index (χ0v) is 12.2. The second kappa shape index (κ2) is 5.68. The van der Waals surface area contributed by atoms with Crippen molar-refractivity contribution in [1.82, 2.24) is 0 Å². The van der Waals surface area contributed by atoms with E-state index in [0.717, 1.165) is 12.1 Å². The standard InChI is InChI=1S/C16H13ClF4/c1-9-6-13(18)7-10(2)14(9)15(17)11-4-3-5-12(8-11)16(19,20)21/h3-8,15H,1-2H3. The van der Waals surface area contributed by atoms with Crippen LogP contribution >= 0.6 is 11.6 Å². The molecule has 0 nitrogen and oxygen atoms in total. The summed E-state index contributed by atoms with van der Waals surface area (Å²) in [4.78, 5) is 0. The van der Waals surface area contributed by atoms with Crippen molar-refractivity contribution in [2.75, 3.05) is 0 Å². The molecule has 5 heteroatoms. The van der Waals surface area contributed by atoms with E-state index in [4.69, 9.17) is 11.6 Å². The Bertz CT molecular complexity index is 639. The number of aryl methyl sites for hydroxylation is 2. The predicted molar refractivity (Wildman–Crippen MR) is 75.0 cm³/mol. The van der Waals surface area contributed by atoms with Gasteiger partial charge in [0.15, 0.2) is 0 Å². The second-order valence-corrected chi connectivity index (χ2v) is 5.38. The van der Waals surface area contributed by atoms with Crippen LogP contribution in [0.2, 0.25) is 0 Å². The highest BCUT2D eigenvalue weighted by Crippen LogP contribution is 2.37. The summed E-state index contributed by atoms with van der Waals surface area (Å²) in [6, 6.07) is 7.53. The minimum Gasteiger partial charge on any atom is -0.207 e. The van der Waals surface area contributed by atoms with Gasteiger partial charge in [0.05, 0.1) is 10.9 Å². The van der Waals surface area contributed by atoms with Gasteiger partial charge in [-0.2, -0.15) is 13.2 Å². The number of halogens is 5. The molecule has 112 valence electrons. The number of alkyl halides is 4. The molecular formula is C16H13ClF4. The summed E-state index contributed by atoms with van der Waals surface area (Å²) in [6.07, 6.45) is -4.42. The molecule has 0 heterocycles. The normalized spacial score (nSPS) is 13.3. The topological polar surface area (TPSA) is 0 Å². The van der Waals surface area contributed by atoms with E-state index < -0.39 is 17.1 Å². The van der Waals surface area contributed by atoms with Gasteiger partial charge in [0.2, 0.25) is 0 Å². The van der Waals surface area contributed by atoms with Gasteiger partial charge < -0.3 is 0 Å². The SMILES string of the molecule is Cc1cc(F)cc(C)c1C(Cl)c1cccc(C(F)(F)F)c1. The fourth-order valence-corrected chi connectivity index (χ4v) is 2.84. The van der Waals surface area contributed by atoms with Crippen LogP contribution in [-0.4, -0.2) is 0 Å². The van der Waals surface area contributed by atoms with Crippen molar-refractivity contribution in [2.24, 2.45) is 0 Å². The third kappa shape index (κ3) is 3.38. The quantitative estimate of drug-likeness (QED) is 0.486. The zero-order valence-electron chi connectivity index (χ0n) is 11.4. The third-order valence-electron chi connectivity index (χ3n) is 3.32. The Morgan fingerprint density at radius 3 is 2.10 bits per heavy atom. The minimum atomic E-state index is -4.42. The molecule has 0 saturated heterocycles. The van der Waals surface area contributed by atoms with Crippen LogP contribution in [0.4, 0.5) is 17.6 Å². The van der Waals surface area contributed by atoms with Crippen molar-refractivity contribution in [3.8, 4) is 0 Å². The van der Waals surface area contributed by atoms with Crippen molar-refractivity contribution >= 4 is 11.6 Å². The number of benzene rings is 2. The molecule has 0 radical (unpaired) electrons. The zero-order chi connectivity index (χ0) is 15.8. The van der Waals surface area contributed by atoms with E-state index >= 15 is 0 Å². The smallest absolute Gasteiger partial charge is 0.207 e. The highest BCUT2D eigenvalue weighted by Gasteiger charge is 2.31. The number of rotatable bonds is 2. The molecule has 2 aromatic rings. The Hall–Kier alpha value is -1.55. The van der Waals surface area contributed by atoms with Crippen LogP contribution in [0.25, 0.3) is 0 Å². The molecule has 0 fully saturated rings. The summed E-state index contributed by atoms with van der Waals surface area (Å²) in [7, 11) is 0. The summed E-state index contributed by atoms with van der Waals surface area (Å²) in [6.45, 7) is 3.38. The van der Waals surface area contributed by atoms with Crippen LogP contribution in [0, 0.1) is 19.7 Å². The molecule has 0 spiro atoms. The van der Waals surface area contributed by atoms with Gasteiger partial charge >= 0.3 is 6.18 Å². The first kappa shape index (κ1) is 15.8. The van der Waals surface area contributed by atoms with Crippen LogP contribution in [0.3, 0.4) is 0 Å². The summed E-state index contributed by atoms with van der Waals surface area (Å²) in [5.41, 5.74) is 1.46. The van der Waals surface area contributed by atoms with E-state index in [1.165, 1.54) is 24.3 Å². The van der Waals surface area contributed by atoms with E-state index in [0.29, 0.717) is 22.3 Å². The van der Waals surface area contributed by atoms with Gasteiger partial charge in [-0.05, 0) is 60.4 Å². The largest absolute Gasteiger partial charge is 0.416 e. The van der Waals surface area contributed by atoms with Crippen molar-refractivity contribution in [3.63, 3.8) is 0 Å². The lowest BCUT2D eigenvalue weighted by atomic mass is 9.94. The highest BCUT2D eigenvalue weighted by molar-refractivity contribution is 6.22. The molecule has 0 N–H and O–H groups in total. The van der Waals surface area contributed by atoms with Gasteiger partial charge in [0.25, 0.3) is 0 Å². The summed E-state index contributed by atoms with van der Waals surface area (Å²) >= 11 is 6.33. The monoisotopic (exact) mass is 316 g/mol. The Morgan fingerprint density at radius 2 is 1.57 bits per heavy atom. The molecule has 0 aliphatic carbocycles. The van der Waals surface area contributed by atoms with E-state index in [1.807, 2.05) is 0 Å². The third-order valence-corrected chi connectivity index (χ3v) is 3.79. The molecule has 0 aliphatic heterocycles. The second-order valence-electron chi connectivity index (χ2n) is 4.94. The van der Waals surface area contributed by atoms with Crippen molar-refractivity contribution in [3.05, 3.63) is 70.0 Å². The molecule has 2 aromatic carbocycles. The van der Waals surface area contributed by atoms with E-state index in [-0.39, 0.29) is 5.82 Å². The number of hydrogen-bond acceptors (Lipinski definition) is 0. The molecule has 0 aromatic heterocycles. The van der Waals surface area contributed by atoms with Crippen LogP contribution in [0.1, 0.15) is 33.2 Å². The van der Waals surface area contributed by atoms with Gasteiger partial charge in [-0.25, -0.2) is 4.39 Å². The van der Waals surface area contributed by atoms with Gasteiger partial charge in [-0.1, -0.05) is 12.1 Å². The van der Waals surface area contributed by atoms with Gasteiger partial charge in [-0.3, -0.25) is 0 Å². The fourth-order valence-electron chi connectivity index (χ4n) is 2.36. The summed E-state index contributed by atoms with van der Waals surface area (Å²) in [5.74, 6) is -0.387. The molecule has 1 unspecified atom stereocenters. The molecule has 0 bridgehead atoms. The van der Waals surface area contributed by atoms with Crippen molar-refractivity contribution in [1.29, 1.82) is 0 Å². The van der Waals surface area contributed by atoms with Gasteiger partial charge in [0, 0.05) is 0 Å². The maximum atomic E-state index is 13.3. The summed E-state index contributed by atoms with van der Waals surface area (Å²) < 4.78 is 51.6. The maximum absolute atomic E-state index is 13.3. The van der Waals surface area contributed by atoms with E-state index in [2.05, 4.69) is 0 Å². The van der Waals surface area contributed by atoms with Crippen LogP contribution in [0.15, 0.2) is 36.4 Å². The first-order chi connectivity index (χ1) is 9.70. The molecule has 0 aliphatic rings. The molecular weight excluding hydrogens is 304 g/mol. The van der Waals surface area contributed by atoms with Crippen LogP contribution in [-0.2, 0) is 6.18 Å². The number of hydrogen-bond donors (Lipinski definition) is 0. The molecule has 21 heavy (non-hydrogen) atoms. The lowest BCUT2D eigenvalue weighted by molar-refractivity contribution is -0.137. The predicted octanol–water partition coefficient (Wildman–Crippen LogP) is 5.79. The highest BCUT2D eigenvalue weighted by atomic mass is 35.5. The molecule has 1 atom stereocenters. The maximum Gasteiger partial charge on any atom is 0.416 e. The minimum absolute atomic E-state index is 0.337. The molecule has 0 amide bonds. The van der Waals surface area contributed by atoms with Gasteiger partial charge in [-0.15, -0.1) is 11.6 Å². The van der Waals surface area contributed by atoms with Crippen LogP contribution < -0.4 is 0 Å². The average Bonchev–Trinajstić information content (AvgIpc) is 2.36. The van der Waals surface area contributed by atoms with Crippen LogP contribution in [0.5, 0.6) is 0 Å². The van der Waals surface area contributed by atoms with Crippen molar-refractivity contribution < 1.29 is 17.6 Å². The Balaban J connectivity index is 2.48. The fraction of sp³-hybridized carbons (Fsp3) is 0.250. The Labute approximate surface area is 125 Å². The van der Waals surface area contributed by atoms with Crippen molar-refractivity contribution in [2.45, 2.75) is 25.4 Å². The summed E-state index contributed by atoms with van der Waals surface area (Å²) in [5, 5.41) is -0.757. The Morgan fingerprint density at radius 1 is 1.00 bits per heavy atom. The van der Waals surface area contributed by atoms with E-state index in [9.17, 15) is 17.6 Å². The first-order valence-corrected chi connectivity index (χ1v) is 6.71.